The van der Waals surface area contributed by atoms with E-state index in [0.29, 0.717) is 16.5 Å². The molecule has 2 N–H and O–H groups in total. The zero-order valence-electron chi connectivity index (χ0n) is 10.5. The third-order valence-corrected chi connectivity index (χ3v) is 3.39. The van der Waals surface area contributed by atoms with E-state index in [1.54, 1.807) is 36.4 Å². The average Bonchev–Trinajstić information content (AvgIpc) is 2.44. The Morgan fingerprint density at radius 2 is 2.00 bits per heavy atom. The molecule has 0 amide bonds. The van der Waals surface area contributed by atoms with Crippen LogP contribution in [0.2, 0.25) is 5.02 Å². The van der Waals surface area contributed by atoms with Gasteiger partial charge in [-0.1, -0.05) is 33.6 Å². The fraction of sp³-hybridized carbons (Fsp3) is 0.0714. The summed E-state index contributed by atoms with van der Waals surface area (Å²) in [7, 11) is 1.29. The highest BCUT2D eigenvalue weighted by atomic mass is 79.9. The number of anilines is 1. The Kier molecular flexibility index (Phi) is 4.52. The molecular formula is C14H11BrClNO3. The number of nitrogen functional groups attached to an aromatic ring is 1. The lowest BCUT2D eigenvalue weighted by Crippen LogP contribution is -2.06. The summed E-state index contributed by atoms with van der Waals surface area (Å²) in [4.78, 5) is 11.6. The fourth-order valence-electron chi connectivity index (χ4n) is 1.59. The molecule has 0 aromatic heterocycles. The van der Waals surface area contributed by atoms with Crippen molar-refractivity contribution in [3.05, 3.63) is 51.5 Å². The van der Waals surface area contributed by atoms with Crippen molar-refractivity contribution in [3.63, 3.8) is 0 Å². The first kappa shape index (κ1) is 14.7. The second kappa shape index (κ2) is 6.15. The van der Waals surface area contributed by atoms with Gasteiger partial charge < -0.3 is 15.2 Å². The molecule has 0 aliphatic carbocycles. The minimum atomic E-state index is -0.520. The number of rotatable bonds is 3. The van der Waals surface area contributed by atoms with Crippen molar-refractivity contribution in [2.24, 2.45) is 0 Å². The number of hydrogen-bond acceptors (Lipinski definition) is 4. The third-order valence-electron chi connectivity index (χ3n) is 2.58. The first-order valence-electron chi connectivity index (χ1n) is 5.62. The molecule has 0 spiro atoms. The fourth-order valence-corrected chi connectivity index (χ4v) is 2.09. The van der Waals surface area contributed by atoms with Crippen LogP contribution in [0.4, 0.5) is 5.69 Å². The molecule has 0 unspecified atom stereocenters. The largest absolute Gasteiger partial charge is 0.465 e. The van der Waals surface area contributed by atoms with Crippen LogP contribution in [0.3, 0.4) is 0 Å². The third kappa shape index (κ3) is 3.05. The molecule has 4 nitrogen and oxygen atoms in total. The molecule has 0 radical (unpaired) electrons. The van der Waals surface area contributed by atoms with Crippen LogP contribution in [0.1, 0.15) is 10.4 Å². The number of para-hydroxylation sites is 1. The van der Waals surface area contributed by atoms with Gasteiger partial charge in [-0.05, 0) is 30.3 Å². The van der Waals surface area contributed by atoms with Gasteiger partial charge in [-0.15, -0.1) is 0 Å². The highest BCUT2D eigenvalue weighted by molar-refractivity contribution is 9.10. The number of halogens is 2. The van der Waals surface area contributed by atoms with Crippen LogP contribution < -0.4 is 10.5 Å². The zero-order chi connectivity index (χ0) is 14.7. The van der Waals surface area contributed by atoms with Gasteiger partial charge in [0.15, 0.2) is 5.75 Å². The summed E-state index contributed by atoms with van der Waals surface area (Å²) in [6, 6.07) is 10.1. The van der Waals surface area contributed by atoms with Crippen LogP contribution in [-0.4, -0.2) is 13.1 Å². The monoisotopic (exact) mass is 355 g/mol. The van der Waals surface area contributed by atoms with E-state index in [0.717, 1.165) is 4.47 Å². The predicted molar refractivity (Wildman–Crippen MR) is 81.4 cm³/mol. The van der Waals surface area contributed by atoms with Gasteiger partial charge in [-0.25, -0.2) is 4.79 Å². The minimum Gasteiger partial charge on any atom is -0.465 e. The number of carbonyl (C=O) groups excluding carboxylic acids is 1. The number of carbonyl (C=O) groups is 1. The van der Waals surface area contributed by atoms with Gasteiger partial charge in [0.1, 0.15) is 5.75 Å². The van der Waals surface area contributed by atoms with Crippen LogP contribution in [0.25, 0.3) is 0 Å². The highest BCUT2D eigenvalue weighted by Crippen LogP contribution is 2.35. The predicted octanol–water partition coefficient (Wildman–Crippen LogP) is 4.26. The average molecular weight is 357 g/mol. The highest BCUT2D eigenvalue weighted by Gasteiger charge is 2.15. The van der Waals surface area contributed by atoms with Gasteiger partial charge >= 0.3 is 5.97 Å². The van der Waals surface area contributed by atoms with Crippen LogP contribution >= 0.6 is 27.5 Å². The Hall–Kier alpha value is -1.72. The van der Waals surface area contributed by atoms with E-state index in [1.165, 1.54) is 7.11 Å². The van der Waals surface area contributed by atoms with E-state index < -0.39 is 5.97 Å². The number of methoxy groups -OCH3 is 1. The maximum absolute atomic E-state index is 11.6. The maximum Gasteiger partial charge on any atom is 0.340 e. The second-order valence-electron chi connectivity index (χ2n) is 3.89. The first-order chi connectivity index (χ1) is 9.52. The topological polar surface area (TPSA) is 61.5 Å². The van der Waals surface area contributed by atoms with Gasteiger partial charge in [-0.3, -0.25) is 0 Å². The van der Waals surface area contributed by atoms with E-state index in [9.17, 15) is 4.79 Å². The zero-order valence-corrected chi connectivity index (χ0v) is 12.9. The molecule has 2 aromatic carbocycles. The molecule has 0 aliphatic heterocycles. The number of benzene rings is 2. The normalized spacial score (nSPS) is 10.2. The van der Waals surface area contributed by atoms with Crippen molar-refractivity contribution >= 4 is 39.2 Å². The van der Waals surface area contributed by atoms with Crippen LogP contribution in [0.5, 0.6) is 11.5 Å². The molecular weight excluding hydrogens is 346 g/mol. The van der Waals surface area contributed by atoms with E-state index in [-0.39, 0.29) is 11.3 Å². The van der Waals surface area contributed by atoms with Gasteiger partial charge in [0.25, 0.3) is 0 Å². The summed E-state index contributed by atoms with van der Waals surface area (Å²) >= 11 is 9.38. The van der Waals surface area contributed by atoms with Gasteiger partial charge in [-0.2, -0.15) is 0 Å². The molecule has 0 bridgehead atoms. The van der Waals surface area contributed by atoms with E-state index in [1.807, 2.05) is 0 Å². The molecule has 2 aromatic rings. The van der Waals surface area contributed by atoms with Crippen molar-refractivity contribution in [3.8, 4) is 11.5 Å². The maximum atomic E-state index is 11.6. The van der Waals surface area contributed by atoms with Crippen molar-refractivity contribution in [2.45, 2.75) is 0 Å². The lowest BCUT2D eigenvalue weighted by molar-refractivity contribution is 0.0601. The molecule has 0 saturated carbocycles. The Morgan fingerprint density at radius 3 is 2.70 bits per heavy atom. The molecule has 6 heteroatoms. The Labute approximate surface area is 129 Å². The van der Waals surface area contributed by atoms with E-state index in [2.05, 4.69) is 20.7 Å². The first-order valence-corrected chi connectivity index (χ1v) is 6.79. The lowest BCUT2D eigenvalue weighted by Gasteiger charge is -2.12. The number of nitrogens with two attached hydrogens (primary N) is 1. The molecule has 0 atom stereocenters. The number of esters is 1. The lowest BCUT2D eigenvalue weighted by atomic mass is 10.1. The van der Waals surface area contributed by atoms with E-state index >= 15 is 0 Å². The summed E-state index contributed by atoms with van der Waals surface area (Å²) in [6.45, 7) is 0. The SMILES string of the molecule is COC(=O)c1cccc(Oc2cc(Br)ccc2Cl)c1N. The Balaban J connectivity index is 2.39. The Bertz CT molecular complexity index is 661. The molecule has 0 saturated heterocycles. The summed E-state index contributed by atoms with van der Waals surface area (Å²) in [5.74, 6) is 0.260. The standard InChI is InChI=1S/C14H11BrClNO3/c1-19-14(18)9-3-2-4-11(13(9)17)20-12-7-8(15)5-6-10(12)16/h2-7H,17H2,1H3. The van der Waals surface area contributed by atoms with Crippen LogP contribution in [0.15, 0.2) is 40.9 Å². The summed E-state index contributed by atoms with van der Waals surface area (Å²) in [6.07, 6.45) is 0. The van der Waals surface area contributed by atoms with Gasteiger partial charge in [0.2, 0.25) is 0 Å². The molecule has 0 aliphatic rings. The van der Waals surface area contributed by atoms with Crippen LogP contribution in [0, 0.1) is 0 Å². The quantitative estimate of drug-likeness (QED) is 0.659. The van der Waals surface area contributed by atoms with Crippen molar-refractivity contribution in [2.75, 3.05) is 12.8 Å². The summed E-state index contributed by atoms with van der Waals surface area (Å²) in [5.41, 5.74) is 6.37. The molecule has 104 valence electrons. The van der Waals surface area contributed by atoms with Crippen molar-refractivity contribution in [1.29, 1.82) is 0 Å². The van der Waals surface area contributed by atoms with Crippen molar-refractivity contribution in [1.82, 2.24) is 0 Å². The molecule has 0 fully saturated rings. The Morgan fingerprint density at radius 1 is 1.25 bits per heavy atom. The molecule has 2 rings (SSSR count). The van der Waals surface area contributed by atoms with Crippen LogP contribution in [-0.2, 0) is 4.74 Å². The molecule has 0 heterocycles. The minimum absolute atomic E-state index is 0.204. The van der Waals surface area contributed by atoms with E-state index in [4.69, 9.17) is 22.1 Å². The number of hydrogen-bond donors (Lipinski definition) is 1. The summed E-state index contributed by atoms with van der Waals surface area (Å²) in [5, 5.41) is 0.441. The summed E-state index contributed by atoms with van der Waals surface area (Å²) < 4.78 is 11.1. The molecule has 20 heavy (non-hydrogen) atoms. The number of ether oxygens (including phenoxy) is 2. The smallest absolute Gasteiger partial charge is 0.340 e. The second-order valence-corrected chi connectivity index (χ2v) is 5.21. The van der Waals surface area contributed by atoms with Gasteiger partial charge in [0.05, 0.1) is 23.4 Å². The van der Waals surface area contributed by atoms with Gasteiger partial charge in [0, 0.05) is 4.47 Å². The van der Waals surface area contributed by atoms with Crippen molar-refractivity contribution < 1.29 is 14.3 Å².